The molecule has 0 aliphatic heterocycles. The van der Waals surface area contributed by atoms with E-state index in [0.29, 0.717) is 10.8 Å². The van der Waals surface area contributed by atoms with Gasteiger partial charge in [-0.2, -0.15) is 0 Å². The Hall–Kier alpha value is -2.54. The number of carbonyl (C=O) groups excluding carboxylic acids is 2. The minimum atomic E-state index is -1.00. The molecule has 0 aliphatic carbocycles. The zero-order valence-corrected chi connectivity index (χ0v) is 11.7. The van der Waals surface area contributed by atoms with Gasteiger partial charge in [-0.15, -0.1) is 0 Å². The normalized spacial score (nSPS) is 11.5. The average Bonchev–Trinajstić information content (AvgIpc) is 2.50. The SMILES string of the molecule is CC(OC(=O)c1cnccn1)C(=O)Nc1ccc(Cl)cn1. The van der Waals surface area contributed by atoms with Crippen LogP contribution in [0.1, 0.15) is 17.4 Å². The third-order valence-electron chi connectivity index (χ3n) is 2.40. The first-order chi connectivity index (χ1) is 10.1. The molecule has 2 rings (SSSR count). The zero-order valence-electron chi connectivity index (χ0n) is 11.0. The Bertz CT molecular complexity index is 634. The largest absolute Gasteiger partial charge is 0.448 e. The van der Waals surface area contributed by atoms with Crippen LogP contribution in [-0.2, 0) is 9.53 Å². The average molecular weight is 307 g/mol. The molecule has 2 aromatic heterocycles. The summed E-state index contributed by atoms with van der Waals surface area (Å²) in [7, 11) is 0. The molecule has 1 amide bonds. The van der Waals surface area contributed by atoms with E-state index < -0.39 is 18.0 Å². The lowest BCUT2D eigenvalue weighted by Gasteiger charge is -2.12. The fourth-order valence-electron chi connectivity index (χ4n) is 1.36. The Morgan fingerprint density at radius 1 is 1.24 bits per heavy atom. The van der Waals surface area contributed by atoms with Crippen LogP contribution < -0.4 is 5.32 Å². The summed E-state index contributed by atoms with van der Waals surface area (Å²) in [5.74, 6) is -0.927. The van der Waals surface area contributed by atoms with E-state index in [1.54, 1.807) is 6.07 Å². The minimum absolute atomic E-state index is 0.0294. The van der Waals surface area contributed by atoms with Crippen molar-refractivity contribution in [3.8, 4) is 0 Å². The summed E-state index contributed by atoms with van der Waals surface area (Å²) in [6, 6.07) is 3.12. The van der Waals surface area contributed by atoms with E-state index in [0.717, 1.165) is 0 Å². The second-order valence-electron chi connectivity index (χ2n) is 3.99. The van der Waals surface area contributed by atoms with Crippen molar-refractivity contribution >= 4 is 29.3 Å². The lowest BCUT2D eigenvalue weighted by atomic mass is 10.3. The second kappa shape index (κ2) is 6.76. The summed E-state index contributed by atoms with van der Waals surface area (Å²) in [4.78, 5) is 35.0. The number of hydrogen-bond donors (Lipinski definition) is 1. The van der Waals surface area contributed by atoms with Crippen molar-refractivity contribution in [1.29, 1.82) is 0 Å². The molecule has 1 unspecified atom stereocenters. The molecule has 1 atom stereocenters. The molecule has 7 nitrogen and oxygen atoms in total. The van der Waals surface area contributed by atoms with E-state index in [1.807, 2.05) is 0 Å². The number of amides is 1. The summed E-state index contributed by atoms with van der Waals surface area (Å²) >= 11 is 5.69. The standard InChI is InChI=1S/C13H11ClN4O3/c1-8(21-13(20)10-7-15-4-5-16-10)12(19)18-11-3-2-9(14)6-17-11/h2-8H,1H3,(H,17,18,19). The van der Waals surface area contributed by atoms with E-state index in [2.05, 4.69) is 20.3 Å². The van der Waals surface area contributed by atoms with E-state index >= 15 is 0 Å². The van der Waals surface area contributed by atoms with Gasteiger partial charge >= 0.3 is 5.97 Å². The highest BCUT2D eigenvalue weighted by Crippen LogP contribution is 2.10. The Kier molecular flexibility index (Phi) is 4.78. The first-order valence-corrected chi connectivity index (χ1v) is 6.33. The Morgan fingerprint density at radius 3 is 2.67 bits per heavy atom. The van der Waals surface area contributed by atoms with E-state index in [-0.39, 0.29) is 5.69 Å². The van der Waals surface area contributed by atoms with Gasteiger partial charge in [0.15, 0.2) is 11.8 Å². The molecule has 108 valence electrons. The predicted molar refractivity (Wildman–Crippen MR) is 74.8 cm³/mol. The van der Waals surface area contributed by atoms with Crippen LogP contribution in [0.2, 0.25) is 5.02 Å². The molecule has 2 heterocycles. The highest BCUT2D eigenvalue weighted by atomic mass is 35.5. The maximum Gasteiger partial charge on any atom is 0.359 e. The summed E-state index contributed by atoms with van der Waals surface area (Å²) in [6.07, 6.45) is 4.44. The highest BCUT2D eigenvalue weighted by molar-refractivity contribution is 6.30. The smallest absolute Gasteiger partial charge is 0.359 e. The molecule has 1 N–H and O–H groups in total. The third kappa shape index (κ3) is 4.22. The first kappa shape index (κ1) is 14.9. The quantitative estimate of drug-likeness (QED) is 0.864. The molecule has 0 spiro atoms. The van der Waals surface area contributed by atoms with Crippen molar-refractivity contribution in [2.75, 3.05) is 5.32 Å². The molecule has 0 bridgehead atoms. The topological polar surface area (TPSA) is 94.1 Å². The van der Waals surface area contributed by atoms with Crippen LogP contribution >= 0.6 is 11.6 Å². The summed E-state index contributed by atoms with van der Waals surface area (Å²) < 4.78 is 4.99. The molecule has 2 aromatic rings. The molecule has 0 aromatic carbocycles. The Balaban J connectivity index is 1.93. The molecule has 8 heteroatoms. The van der Waals surface area contributed by atoms with Gasteiger partial charge in [0.05, 0.1) is 11.2 Å². The summed E-state index contributed by atoms with van der Waals surface area (Å²) in [5, 5.41) is 2.96. The van der Waals surface area contributed by atoms with Gasteiger partial charge in [-0.1, -0.05) is 11.6 Å². The number of halogens is 1. The zero-order chi connectivity index (χ0) is 15.2. The number of ether oxygens (including phenoxy) is 1. The number of esters is 1. The van der Waals surface area contributed by atoms with Gasteiger partial charge in [0.1, 0.15) is 5.82 Å². The number of pyridine rings is 1. The van der Waals surface area contributed by atoms with Gasteiger partial charge in [-0.25, -0.2) is 14.8 Å². The molecule has 0 radical (unpaired) electrons. The van der Waals surface area contributed by atoms with Crippen molar-refractivity contribution in [3.63, 3.8) is 0 Å². The van der Waals surface area contributed by atoms with Crippen molar-refractivity contribution in [2.45, 2.75) is 13.0 Å². The van der Waals surface area contributed by atoms with Crippen molar-refractivity contribution in [1.82, 2.24) is 15.0 Å². The maximum absolute atomic E-state index is 11.9. The minimum Gasteiger partial charge on any atom is -0.448 e. The molecule has 0 aliphatic rings. The van der Waals surface area contributed by atoms with Gasteiger partial charge in [0.2, 0.25) is 0 Å². The lowest BCUT2D eigenvalue weighted by Crippen LogP contribution is -2.30. The van der Waals surface area contributed by atoms with E-state index in [4.69, 9.17) is 16.3 Å². The van der Waals surface area contributed by atoms with Gasteiger partial charge < -0.3 is 10.1 Å². The van der Waals surface area contributed by atoms with Crippen LogP contribution in [-0.4, -0.2) is 32.9 Å². The van der Waals surface area contributed by atoms with Crippen molar-refractivity contribution < 1.29 is 14.3 Å². The Labute approximate surface area is 125 Å². The molecule has 0 fully saturated rings. The number of nitrogens with zero attached hydrogens (tertiary/aromatic N) is 3. The molecular formula is C13H11ClN4O3. The molecule has 21 heavy (non-hydrogen) atoms. The van der Waals surface area contributed by atoms with Crippen LogP contribution in [0.15, 0.2) is 36.9 Å². The van der Waals surface area contributed by atoms with Crippen LogP contribution in [0.25, 0.3) is 0 Å². The number of anilines is 1. The monoisotopic (exact) mass is 306 g/mol. The van der Waals surface area contributed by atoms with Crippen molar-refractivity contribution in [3.05, 3.63) is 47.6 Å². The number of hydrogen-bond acceptors (Lipinski definition) is 6. The van der Waals surface area contributed by atoms with Crippen molar-refractivity contribution in [2.24, 2.45) is 0 Å². The molecular weight excluding hydrogens is 296 g/mol. The summed E-state index contributed by atoms with van der Waals surface area (Å²) in [5.41, 5.74) is 0.0294. The Morgan fingerprint density at radius 2 is 2.05 bits per heavy atom. The first-order valence-electron chi connectivity index (χ1n) is 5.95. The molecule has 0 saturated heterocycles. The second-order valence-corrected chi connectivity index (χ2v) is 4.43. The number of rotatable bonds is 4. The third-order valence-corrected chi connectivity index (χ3v) is 2.63. The fourth-order valence-corrected chi connectivity index (χ4v) is 1.47. The van der Waals surface area contributed by atoms with Gasteiger partial charge in [0.25, 0.3) is 5.91 Å². The van der Waals surface area contributed by atoms with Gasteiger partial charge in [0, 0.05) is 18.6 Å². The fraction of sp³-hybridized carbons (Fsp3) is 0.154. The maximum atomic E-state index is 11.9. The van der Waals surface area contributed by atoms with Crippen LogP contribution in [0.3, 0.4) is 0 Å². The van der Waals surface area contributed by atoms with E-state index in [9.17, 15) is 9.59 Å². The van der Waals surface area contributed by atoms with Gasteiger partial charge in [-0.3, -0.25) is 9.78 Å². The van der Waals surface area contributed by atoms with E-state index in [1.165, 1.54) is 37.8 Å². The van der Waals surface area contributed by atoms with Gasteiger partial charge in [-0.05, 0) is 19.1 Å². The number of carbonyl (C=O) groups is 2. The summed E-state index contributed by atoms with van der Waals surface area (Å²) in [6.45, 7) is 1.44. The van der Waals surface area contributed by atoms with Crippen LogP contribution in [0, 0.1) is 0 Å². The number of aromatic nitrogens is 3. The highest BCUT2D eigenvalue weighted by Gasteiger charge is 2.20. The predicted octanol–water partition coefficient (Wildman–Crippen LogP) is 1.71. The van der Waals surface area contributed by atoms with Crippen LogP contribution in [0.4, 0.5) is 5.82 Å². The van der Waals surface area contributed by atoms with Crippen LogP contribution in [0.5, 0.6) is 0 Å². The molecule has 0 saturated carbocycles. The lowest BCUT2D eigenvalue weighted by molar-refractivity contribution is -0.123. The number of nitrogens with one attached hydrogen (secondary N) is 1.